The Morgan fingerprint density at radius 1 is 1.38 bits per heavy atom. The van der Waals surface area contributed by atoms with Gasteiger partial charge in [-0.1, -0.05) is 52.3 Å². The molecule has 2 heterocycles. The van der Waals surface area contributed by atoms with Crippen LogP contribution in [0.4, 0.5) is 5.69 Å². The molecule has 1 aliphatic rings. The number of nitrogens with two attached hydrogens (primary N) is 1. The molecular weight excluding hydrogens is 393 g/mol. The Hall–Kier alpha value is -1.96. The van der Waals surface area contributed by atoms with Crippen molar-refractivity contribution in [2.24, 2.45) is 15.9 Å². The first-order chi connectivity index (χ1) is 12.4. The lowest BCUT2D eigenvalue weighted by Crippen LogP contribution is -2.28. The third-order valence-corrected chi connectivity index (χ3v) is 5.37. The van der Waals surface area contributed by atoms with Gasteiger partial charge in [-0.25, -0.2) is 4.98 Å². The Balaban J connectivity index is 1.90. The Morgan fingerprint density at radius 2 is 2.19 bits per heavy atom. The number of amidine groups is 2. The number of hydrogen-bond acceptors (Lipinski definition) is 6. The van der Waals surface area contributed by atoms with Gasteiger partial charge >= 0.3 is 0 Å². The van der Waals surface area contributed by atoms with Gasteiger partial charge in [0.05, 0.1) is 15.6 Å². The number of nitrogens with one attached hydrogen (secondary N) is 1. The summed E-state index contributed by atoms with van der Waals surface area (Å²) in [5.74, 6) is 1.04. The molecule has 0 spiro atoms. The van der Waals surface area contributed by atoms with E-state index in [0.717, 1.165) is 23.4 Å². The van der Waals surface area contributed by atoms with Crippen molar-refractivity contribution in [2.45, 2.75) is 18.9 Å². The zero-order valence-electron chi connectivity index (χ0n) is 13.9. The molecule has 0 radical (unpaired) electrons. The molecule has 0 bridgehead atoms. The first kappa shape index (κ1) is 18.8. The minimum Gasteiger partial charge on any atom is -0.409 e. The molecule has 136 valence electrons. The summed E-state index contributed by atoms with van der Waals surface area (Å²) in [7, 11) is 0. The highest BCUT2D eigenvalue weighted by Crippen LogP contribution is 2.36. The summed E-state index contributed by atoms with van der Waals surface area (Å²) in [5.41, 5.74) is 7.54. The number of aromatic nitrogens is 1. The second-order valence-corrected chi connectivity index (χ2v) is 7.92. The van der Waals surface area contributed by atoms with E-state index in [9.17, 15) is 5.21 Å². The number of halogens is 2. The number of aliphatic imine (C=N–C) groups is 1. The molecule has 0 unspecified atom stereocenters. The van der Waals surface area contributed by atoms with Gasteiger partial charge in [-0.05, 0) is 37.1 Å². The fourth-order valence-electron chi connectivity index (χ4n) is 2.68. The van der Waals surface area contributed by atoms with E-state index >= 15 is 0 Å². The predicted octanol–water partition coefficient (Wildman–Crippen LogP) is 4.30. The van der Waals surface area contributed by atoms with Crippen molar-refractivity contribution in [3.8, 4) is 0 Å². The lowest BCUT2D eigenvalue weighted by atomic mass is 9.89. The molecule has 1 aromatic heterocycles. The van der Waals surface area contributed by atoms with Gasteiger partial charge in [0.1, 0.15) is 5.69 Å². The molecule has 9 heteroatoms. The van der Waals surface area contributed by atoms with Crippen molar-refractivity contribution >= 4 is 51.7 Å². The third-order valence-electron chi connectivity index (χ3n) is 4.08. The van der Waals surface area contributed by atoms with Crippen LogP contribution >= 0.6 is 35.0 Å². The lowest BCUT2D eigenvalue weighted by molar-refractivity contribution is 0.319. The van der Waals surface area contributed by atoms with Gasteiger partial charge in [-0.3, -0.25) is 4.99 Å². The van der Waals surface area contributed by atoms with Crippen molar-refractivity contribution in [3.05, 3.63) is 57.8 Å². The van der Waals surface area contributed by atoms with Crippen molar-refractivity contribution in [2.75, 3.05) is 11.1 Å². The standard InChI is InChI=1S/C17H17Cl2N5OS/c1-17(5-6-26-16(20)23-17)10-3-2-4-12(7-10)22-15(24-25)14-13(19)8-11(18)9-21-14/h2-4,7-9,25H,5-6H2,1H3,(H2,20,23)(H,22,24)/t17-/m0/s1. The van der Waals surface area contributed by atoms with Crippen LogP contribution in [0.2, 0.25) is 10.0 Å². The predicted molar refractivity (Wildman–Crippen MR) is 109 cm³/mol. The third kappa shape index (κ3) is 4.06. The average molecular weight is 410 g/mol. The number of benzene rings is 1. The van der Waals surface area contributed by atoms with Gasteiger partial charge in [0.2, 0.25) is 0 Å². The number of rotatable bonds is 3. The van der Waals surface area contributed by atoms with Crippen molar-refractivity contribution in [1.29, 1.82) is 0 Å². The second-order valence-electron chi connectivity index (χ2n) is 5.96. The Bertz CT molecular complexity index is 889. The average Bonchev–Trinajstić information content (AvgIpc) is 2.60. The van der Waals surface area contributed by atoms with Gasteiger partial charge < -0.3 is 16.3 Å². The van der Waals surface area contributed by atoms with Crippen molar-refractivity contribution < 1.29 is 5.21 Å². The van der Waals surface area contributed by atoms with Crippen molar-refractivity contribution in [3.63, 3.8) is 0 Å². The van der Waals surface area contributed by atoms with E-state index in [1.165, 1.54) is 12.3 Å². The second kappa shape index (κ2) is 7.73. The Morgan fingerprint density at radius 3 is 2.88 bits per heavy atom. The largest absolute Gasteiger partial charge is 0.409 e. The molecule has 6 nitrogen and oxygen atoms in total. The molecule has 1 atom stereocenters. The van der Waals surface area contributed by atoms with E-state index in [0.29, 0.717) is 15.9 Å². The summed E-state index contributed by atoms with van der Waals surface area (Å²) in [5, 5.41) is 17.0. The summed E-state index contributed by atoms with van der Waals surface area (Å²) in [6.07, 6.45) is 2.32. The molecule has 0 aliphatic carbocycles. The number of oxime groups is 1. The van der Waals surface area contributed by atoms with Crippen LogP contribution in [0.3, 0.4) is 0 Å². The minimum atomic E-state index is -0.389. The molecule has 26 heavy (non-hydrogen) atoms. The summed E-state index contributed by atoms with van der Waals surface area (Å²) < 4.78 is 0. The first-order valence-corrected chi connectivity index (χ1v) is 9.54. The molecule has 0 saturated carbocycles. The van der Waals surface area contributed by atoms with Gasteiger partial charge in [0, 0.05) is 17.6 Å². The summed E-state index contributed by atoms with van der Waals surface area (Å²) in [6, 6.07) is 9.24. The van der Waals surface area contributed by atoms with Gasteiger partial charge in [-0.2, -0.15) is 0 Å². The summed E-state index contributed by atoms with van der Waals surface area (Å²) in [6.45, 7) is 2.05. The smallest absolute Gasteiger partial charge is 0.197 e. The zero-order valence-corrected chi connectivity index (χ0v) is 16.2. The Kier molecular flexibility index (Phi) is 5.60. The number of nitrogens with zero attached hydrogens (tertiary/aromatic N) is 3. The van der Waals surface area contributed by atoms with Crippen LogP contribution < -0.4 is 11.1 Å². The van der Waals surface area contributed by atoms with E-state index in [4.69, 9.17) is 28.9 Å². The van der Waals surface area contributed by atoms with E-state index in [-0.39, 0.29) is 16.4 Å². The molecule has 0 amide bonds. The maximum Gasteiger partial charge on any atom is 0.197 e. The first-order valence-electron chi connectivity index (χ1n) is 7.80. The molecule has 1 aromatic carbocycles. The Labute approximate surface area is 165 Å². The highest BCUT2D eigenvalue weighted by molar-refractivity contribution is 8.13. The molecule has 1 aliphatic heterocycles. The quantitative estimate of drug-likeness (QED) is 0.303. The number of hydrogen-bond donors (Lipinski definition) is 3. The van der Waals surface area contributed by atoms with Crippen LogP contribution in [-0.2, 0) is 5.54 Å². The SMILES string of the molecule is C[C@@]1(c2cccc(N/C(=N/O)c3ncc(Cl)cc3Cl)c2)CCSC(N)=N1. The van der Waals surface area contributed by atoms with Crippen LogP contribution in [0.5, 0.6) is 0 Å². The fourth-order valence-corrected chi connectivity index (χ4v) is 4.13. The van der Waals surface area contributed by atoms with E-state index in [1.807, 2.05) is 24.3 Å². The molecular formula is C17H17Cl2N5OS. The van der Waals surface area contributed by atoms with Crippen LogP contribution in [-0.4, -0.2) is 26.9 Å². The zero-order chi connectivity index (χ0) is 18.7. The summed E-state index contributed by atoms with van der Waals surface area (Å²) >= 11 is 13.6. The maximum atomic E-state index is 9.39. The van der Waals surface area contributed by atoms with Crippen molar-refractivity contribution in [1.82, 2.24) is 4.98 Å². The number of thioether (sulfide) groups is 1. The lowest BCUT2D eigenvalue weighted by Gasteiger charge is -2.30. The molecule has 4 N–H and O–H groups in total. The molecule has 2 aromatic rings. The van der Waals surface area contributed by atoms with Crippen LogP contribution in [0, 0.1) is 0 Å². The monoisotopic (exact) mass is 409 g/mol. The van der Waals surface area contributed by atoms with E-state index in [2.05, 4.69) is 27.4 Å². The van der Waals surface area contributed by atoms with E-state index < -0.39 is 0 Å². The number of anilines is 1. The molecule has 3 rings (SSSR count). The fraction of sp³-hybridized carbons (Fsp3) is 0.235. The highest BCUT2D eigenvalue weighted by atomic mass is 35.5. The van der Waals surface area contributed by atoms with Gasteiger partial charge in [0.25, 0.3) is 0 Å². The molecule has 0 saturated heterocycles. The summed E-state index contributed by atoms with van der Waals surface area (Å²) in [4.78, 5) is 8.73. The number of pyridine rings is 1. The maximum absolute atomic E-state index is 9.39. The van der Waals surface area contributed by atoms with Crippen LogP contribution in [0.15, 0.2) is 46.7 Å². The topological polar surface area (TPSA) is 95.9 Å². The minimum absolute atomic E-state index is 0.121. The van der Waals surface area contributed by atoms with E-state index in [1.54, 1.807) is 11.8 Å². The van der Waals surface area contributed by atoms with Crippen LogP contribution in [0.25, 0.3) is 0 Å². The molecule has 0 fully saturated rings. The van der Waals surface area contributed by atoms with Crippen LogP contribution in [0.1, 0.15) is 24.6 Å². The normalized spacial score (nSPS) is 20.6. The highest BCUT2D eigenvalue weighted by Gasteiger charge is 2.29. The van der Waals surface area contributed by atoms with Gasteiger partial charge in [-0.15, -0.1) is 0 Å². The van der Waals surface area contributed by atoms with Gasteiger partial charge in [0.15, 0.2) is 11.0 Å².